The molecule has 5 rings (SSSR count). The van der Waals surface area contributed by atoms with Crippen molar-refractivity contribution in [1.82, 2.24) is 0 Å². The summed E-state index contributed by atoms with van der Waals surface area (Å²) in [5.74, 6) is 0.713. The van der Waals surface area contributed by atoms with Gasteiger partial charge in [-0.05, 0) is 41.8 Å². The number of rotatable bonds is 1. The Labute approximate surface area is 164 Å². The second kappa shape index (κ2) is 6.19. The molecule has 2 heterocycles. The summed E-state index contributed by atoms with van der Waals surface area (Å²) in [7, 11) is 0. The Morgan fingerprint density at radius 2 is 1.63 bits per heavy atom. The minimum atomic E-state index is -0.352. The molecule has 1 aliphatic heterocycles. The van der Waals surface area contributed by atoms with E-state index in [1.54, 1.807) is 12.1 Å². The Bertz CT molecular complexity index is 1250. The summed E-state index contributed by atoms with van der Waals surface area (Å²) in [5, 5.41) is 3.44. The number of hydrogen-bond donors (Lipinski definition) is 0. The van der Waals surface area contributed by atoms with Crippen LogP contribution in [0.4, 0.5) is 5.69 Å². The lowest BCUT2D eigenvalue weighted by atomic mass is 10.0. The van der Waals surface area contributed by atoms with Crippen molar-refractivity contribution in [3.8, 4) is 5.75 Å². The van der Waals surface area contributed by atoms with E-state index >= 15 is 0 Å². The van der Waals surface area contributed by atoms with E-state index in [4.69, 9.17) is 32.4 Å². The van der Waals surface area contributed by atoms with Crippen LogP contribution in [0.5, 0.6) is 5.75 Å². The standard InChI is InChI=1S/C21H13Cl2NO3/c22-12-7-13(23)9-14(8-12)24-10-18-19(26-11-24)6-5-16-15-3-1-2-4-17(15)21(25)27-20(16)18/h1-9H,10-11H2. The molecule has 4 nitrogen and oxygen atoms in total. The number of nitrogens with zero attached hydrogens (tertiary/aromatic N) is 1. The first-order valence-electron chi connectivity index (χ1n) is 8.41. The molecule has 1 aromatic heterocycles. The van der Waals surface area contributed by atoms with Gasteiger partial charge in [-0.1, -0.05) is 41.4 Å². The topological polar surface area (TPSA) is 42.7 Å². The number of hydrogen-bond acceptors (Lipinski definition) is 4. The summed E-state index contributed by atoms with van der Waals surface area (Å²) in [6.07, 6.45) is 0. The first-order chi connectivity index (χ1) is 13.1. The lowest BCUT2D eigenvalue weighted by Gasteiger charge is -2.31. The van der Waals surface area contributed by atoms with E-state index in [1.165, 1.54) is 0 Å². The predicted molar refractivity (Wildman–Crippen MR) is 108 cm³/mol. The SMILES string of the molecule is O=c1oc2c3c(ccc2c2ccccc12)OCN(c1cc(Cl)cc(Cl)c1)C3. The maximum Gasteiger partial charge on any atom is 0.344 e. The molecule has 3 aromatic carbocycles. The second-order valence-electron chi connectivity index (χ2n) is 6.45. The summed E-state index contributed by atoms with van der Waals surface area (Å²) in [6.45, 7) is 0.873. The van der Waals surface area contributed by atoms with Crippen molar-refractivity contribution >= 4 is 50.6 Å². The molecular weight excluding hydrogens is 385 g/mol. The van der Waals surface area contributed by atoms with Gasteiger partial charge in [0.2, 0.25) is 0 Å². The molecular formula is C21H13Cl2NO3. The molecule has 0 radical (unpaired) electrons. The zero-order chi connectivity index (χ0) is 18.5. The highest BCUT2D eigenvalue weighted by Crippen LogP contribution is 2.36. The lowest BCUT2D eigenvalue weighted by Crippen LogP contribution is -2.32. The Kier molecular flexibility index (Phi) is 3.78. The van der Waals surface area contributed by atoms with Gasteiger partial charge >= 0.3 is 5.63 Å². The Morgan fingerprint density at radius 3 is 2.41 bits per heavy atom. The smallest absolute Gasteiger partial charge is 0.344 e. The summed E-state index contributed by atoms with van der Waals surface area (Å²) in [6, 6.07) is 16.7. The third-order valence-corrected chi connectivity index (χ3v) is 5.22. The van der Waals surface area contributed by atoms with Crippen molar-refractivity contribution in [3.63, 3.8) is 0 Å². The molecule has 0 fully saturated rings. The number of anilines is 1. The fraction of sp³-hybridized carbons (Fsp3) is 0.0952. The molecule has 0 bridgehead atoms. The van der Waals surface area contributed by atoms with E-state index in [0.717, 1.165) is 22.0 Å². The van der Waals surface area contributed by atoms with Gasteiger partial charge < -0.3 is 14.1 Å². The highest BCUT2D eigenvalue weighted by molar-refractivity contribution is 6.35. The van der Waals surface area contributed by atoms with Gasteiger partial charge in [0.1, 0.15) is 11.3 Å². The molecule has 0 saturated heterocycles. The van der Waals surface area contributed by atoms with Crippen LogP contribution in [0.3, 0.4) is 0 Å². The first kappa shape index (κ1) is 16.5. The molecule has 27 heavy (non-hydrogen) atoms. The maximum absolute atomic E-state index is 12.5. The number of halogens is 2. The lowest BCUT2D eigenvalue weighted by molar-refractivity contribution is 0.289. The van der Waals surface area contributed by atoms with Gasteiger partial charge in [-0.2, -0.15) is 0 Å². The molecule has 0 aliphatic carbocycles. The van der Waals surface area contributed by atoms with Crippen LogP contribution >= 0.6 is 23.2 Å². The van der Waals surface area contributed by atoms with Crippen LogP contribution in [0.1, 0.15) is 5.56 Å². The zero-order valence-electron chi connectivity index (χ0n) is 14.0. The molecule has 134 valence electrons. The first-order valence-corrected chi connectivity index (χ1v) is 9.17. The quantitative estimate of drug-likeness (QED) is 0.309. The van der Waals surface area contributed by atoms with Crippen molar-refractivity contribution in [1.29, 1.82) is 0 Å². The minimum Gasteiger partial charge on any atom is -0.473 e. The summed E-state index contributed by atoms with van der Waals surface area (Å²) in [4.78, 5) is 14.5. The number of fused-ring (bicyclic) bond motifs is 5. The third-order valence-electron chi connectivity index (χ3n) is 4.79. The van der Waals surface area contributed by atoms with Crippen molar-refractivity contribution < 1.29 is 9.15 Å². The van der Waals surface area contributed by atoms with Crippen LogP contribution < -0.4 is 15.3 Å². The van der Waals surface area contributed by atoms with E-state index in [9.17, 15) is 4.79 Å². The Balaban J connectivity index is 1.70. The van der Waals surface area contributed by atoms with Gasteiger partial charge in [0, 0.05) is 21.1 Å². The van der Waals surface area contributed by atoms with E-state index in [0.29, 0.717) is 40.0 Å². The summed E-state index contributed by atoms with van der Waals surface area (Å²) >= 11 is 12.3. The molecule has 0 N–H and O–H groups in total. The van der Waals surface area contributed by atoms with Crippen LogP contribution in [0, 0.1) is 0 Å². The van der Waals surface area contributed by atoms with Crippen LogP contribution in [-0.2, 0) is 6.54 Å². The van der Waals surface area contributed by atoms with Crippen LogP contribution in [0.15, 0.2) is 63.8 Å². The van der Waals surface area contributed by atoms with E-state index in [1.807, 2.05) is 47.4 Å². The maximum atomic E-state index is 12.5. The van der Waals surface area contributed by atoms with Gasteiger partial charge in [0.05, 0.1) is 17.5 Å². The molecule has 1 aliphatic rings. The molecule has 0 amide bonds. The number of ether oxygens (including phenoxy) is 1. The molecule has 0 saturated carbocycles. The largest absolute Gasteiger partial charge is 0.473 e. The Hall–Kier alpha value is -2.69. The van der Waals surface area contributed by atoms with Crippen molar-refractivity contribution in [2.75, 3.05) is 11.6 Å². The van der Waals surface area contributed by atoms with Gasteiger partial charge in [0.25, 0.3) is 0 Å². The van der Waals surface area contributed by atoms with Crippen LogP contribution in [0.25, 0.3) is 21.7 Å². The number of benzene rings is 3. The zero-order valence-corrected chi connectivity index (χ0v) is 15.6. The Morgan fingerprint density at radius 1 is 0.889 bits per heavy atom. The van der Waals surface area contributed by atoms with Gasteiger partial charge in [-0.3, -0.25) is 0 Å². The molecule has 0 spiro atoms. The van der Waals surface area contributed by atoms with Gasteiger partial charge in [-0.25, -0.2) is 4.79 Å². The fourth-order valence-electron chi connectivity index (χ4n) is 3.54. The monoisotopic (exact) mass is 397 g/mol. The highest BCUT2D eigenvalue weighted by atomic mass is 35.5. The fourth-order valence-corrected chi connectivity index (χ4v) is 4.05. The van der Waals surface area contributed by atoms with Crippen molar-refractivity contribution in [2.24, 2.45) is 0 Å². The van der Waals surface area contributed by atoms with Gasteiger partial charge in [0.15, 0.2) is 6.73 Å². The van der Waals surface area contributed by atoms with Crippen LogP contribution in [0.2, 0.25) is 10.0 Å². The average molecular weight is 398 g/mol. The predicted octanol–water partition coefficient (Wildman–Crippen LogP) is 5.61. The van der Waals surface area contributed by atoms with Crippen molar-refractivity contribution in [3.05, 3.63) is 80.6 Å². The summed E-state index contributed by atoms with van der Waals surface area (Å²) in [5.41, 5.74) is 1.87. The van der Waals surface area contributed by atoms with E-state index in [2.05, 4.69) is 0 Å². The van der Waals surface area contributed by atoms with E-state index < -0.39 is 0 Å². The normalized spacial score (nSPS) is 13.6. The average Bonchev–Trinajstić information content (AvgIpc) is 2.67. The third kappa shape index (κ3) is 2.73. The minimum absolute atomic E-state index is 0.352. The molecule has 0 atom stereocenters. The molecule has 6 heteroatoms. The molecule has 0 unspecified atom stereocenters. The van der Waals surface area contributed by atoms with Gasteiger partial charge in [-0.15, -0.1) is 0 Å². The van der Waals surface area contributed by atoms with Crippen molar-refractivity contribution in [2.45, 2.75) is 6.54 Å². The van der Waals surface area contributed by atoms with E-state index in [-0.39, 0.29) is 5.63 Å². The highest BCUT2D eigenvalue weighted by Gasteiger charge is 2.23. The second-order valence-corrected chi connectivity index (χ2v) is 7.33. The summed E-state index contributed by atoms with van der Waals surface area (Å²) < 4.78 is 11.6. The molecule has 4 aromatic rings. The van der Waals surface area contributed by atoms with Crippen LogP contribution in [-0.4, -0.2) is 6.73 Å².